The summed E-state index contributed by atoms with van der Waals surface area (Å²) in [5, 5.41) is 3.08. The van der Waals surface area contributed by atoms with Crippen molar-refractivity contribution in [3.63, 3.8) is 0 Å². The van der Waals surface area contributed by atoms with E-state index in [4.69, 9.17) is 0 Å². The molecule has 6 nitrogen and oxygen atoms in total. The van der Waals surface area contributed by atoms with Crippen LogP contribution in [0.1, 0.15) is 45.1 Å². The smallest absolute Gasteiger partial charge is 0.374 e. The SMILES string of the molecule is CC(C)N(C)[C@@H]1CC[C@H](N2CCC(Nc3ccc(C(F)(F)F)cc3)C2=O)[C@@H](CS(=O)(=O)c2ccccc2)C1. The molecule has 2 fully saturated rings. The molecule has 1 N–H and O–H groups in total. The van der Waals surface area contributed by atoms with Gasteiger partial charge in [-0.3, -0.25) is 4.79 Å². The number of carbonyl (C=O) groups excluding carboxylic acids is 1. The monoisotopic (exact) mass is 551 g/mol. The normalized spacial score (nSPS) is 24.8. The summed E-state index contributed by atoms with van der Waals surface area (Å²) in [7, 11) is -1.49. The quantitative estimate of drug-likeness (QED) is 0.496. The van der Waals surface area contributed by atoms with E-state index in [0.717, 1.165) is 18.6 Å². The molecule has 0 aromatic heterocycles. The zero-order valence-corrected chi connectivity index (χ0v) is 22.8. The fourth-order valence-electron chi connectivity index (χ4n) is 5.73. The largest absolute Gasteiger partial charge is 0.416 e. The van der Waals surface area contributed by atoms with E-state index < -0.39 is 27.6 Å². The van der Waals surface area contributed by atoms with Crippen molar-refractivity contribution >= 4 is 21.4 Å². The molecule has 10 heteroatoms. The van der Waals surface area contributed by atoms with Crippen molar-refractivity contribution in [2.24, 2.45) is 5.92 Å². The van der Waals surface area contributed by atoms with Gasteiger partial charge in [0.2, 0.25) is 5.91 Å². The Balaban J connectivity index is 1.51. The Morgan fingerprint density at radius 3 is 2.29 bits per heavy atom. The third-order valence-corrected chi connectivity index (χ3v) is 9.89. The van der Waals surface area contributed by atoms with Gasteiger partial charge in [-0.2, -0.15) is 13.2 Å². The van der Waals surface area contributed by atoms with E-state index in [2.05, 4.69) is 31.1 Å². The van der Waals surface area contributed by atoms with Crippen LogP contribution in [0, 0.1) is 5.92 Å². The molecule has 1 heterocycles. The van der Waals surface area contributed by atoms with Crippen LogP contribution in [0.4, 0.5) is 18.9 Å². The molecule has 2 aliphatic rings. The molecule has 2 aromatic carbocycles. The van der Waals surface area contributed by atoms with Crippen LogP contribution < -0.4 is 5.32 Å². The number of hydrogen-bond acceptors (Lipinski definition) is 5. The lowest BCUT2D eigenvalue weighted by molar-refractivity contribution is -0.137. The molecule has 0 bridgehead atoms. The lowest BCUT2D eigenvalue weighted by Gasteiger charge is -2.44. The molecule has 4 rings (SSSR count). The van der Waals surface area contributed by atoms with Gasteiger partial charge in [-0.1, -0.05) is 18.2 Å². The number of nitrogens with zero attached hydrogens (tertiary/aromatic N) is 2. The predicted molar refractivity (Wildman–Crippen MR) is 141 cm³/mol. The standard InChI is InChI=1S/C28H36F3N3O3S/c1-19(2)33(3)23-13-14-26(20(17-23)18-38(36,37)24-7-5-4-6-8-24)34-16-15-25(27(34)35)32-22-11-9-21(10-12-22)28(29,30)31/h4-12,19-20,23,25-26,32H,13-18H2,1-3H3/t20-,23-,25?,26+/m1/s1. The Hall–Kier alpha value is -2.59. The summed E-state index contributed by atoms with van der Waals surface area (Å²) in [6.07, 6.45) is -1.68. The van der Waals surface area contributed by atoms with Crippen LogP contribution in [0.5, 0.6) is 0 Å². The highest BCUT2D eigenvalue weighted by Crippen LogP contribution is 2.36. The van der Waals surface area contributed by atoms with E-state index in [9.17, 15) is 26.4 Å². The van der Waals surface area contributed by atoms with Crippen molar-refractivity contribution in [2.45, 2.75) is 74.8 Å². The third kappa shape index (κ3) is 6.34. The summed E-state index contributed by atoms with van der Waals surface area (Å²) in [6, 6.07) is 12.8. The summed E-state index contributed by atoms with van der Waals surface area (Å²) < 4.78 is 65.4. The minimum absolute atomic E-state index is 0.0368. The second kappa shape index (κ2) is 11.3. The number of likely N-dealkylation sites (tertiary alicyclic amines) is 1. The van der Waals surface area contributed by atoms with Crippen molar-refractivity contribution in [3.8, 4) is 0 Å². The van der Waals surface area contributed by atoms with E-state index in [1.165, 1.54) is 12.1 Å². The van der Waals surface area contributed by atoms with E-state index in [-0.39, 0.29) is 34.6 Å². The van der Waals surface area contributed by atoms with Crippen LogP contribution in [-0.2, 0) is 20.8 Å². The Labute approximate surface area is 223 Å². The van der Waals surface area contributed by atoms with Crippen LogP contribution >= 0.6 is 0 Å². The highest BCUT2D eigenvalue weighted by atomic mass is 32.2. The first-order valence-corrected chi connectivity index (χ1v) is 14.8. The molecule has 1 saturated carbocycles. The van der Waals surface area contributed by atoms with Crippen LogP contribution in [0.2, 0.25) is 0 Å². The second-order valence-corrected chi connectivity index (χ2v) is 12.8. The molecule has 4 atom stereocenters. The molecule has 208 valence electrons. The Morgan fingerprint density at radius 1 is 1.03 bits per heavy atom. The number of benzene rings is 2. The molecule has 1 aliphatic carbocycles. The lowest BCUT2D eigenvalue weighted by atomic mass is 9.81. The summed E-state index contributed by atoms with van der Waals surface area (Å²) in [5.41, 5.74) is -0.295. The van der Waals surface area contributed by atoms with Crippen LogP contribution in [0.3, 0.4) is 0 Å². The van der Waals surface area contributed by atoms with Gasteiger partial charge in [0, 0.05) is 30.4 Å². The summed E-state index contributed by atoms with van der Waals surface area (Å²) in [4.78, 5) is 17.8. The number of nitrogens with one attached hydrogen (secondary N) is 1. The molecule has 38 heavy (non-hydrogen) atoms. The molecule has 1 saturated heterocycles. The number of hydrogen-bond donors (Lipinski definition) is 1. The number of sulfone groups is 1. The molecule has 0 radical (unpaired) electrons. The molecular weight excluding hydrogens is 515 g/mol. The van der Waals surface area contributed by atoms with Crippen molar-refractivity contribution in [3.05, 3.63) is 60.2 Å². The topological polar surface area (TPSA) is 69.7 Å². The fourth-order valence-corrected chi connectivity index (χ4v) is 7.42. The van der Waals surface area contributed by atoms with Crippen molar-refractivity contribution in [1.82, 2.24) is 9.80 Å². The summed E-state index contributed by atoms with van der Waals surface area (Å²) in [6.45, 7) is 4.71. The highest BCUT2D eigenvalue weighted by molar-refractivity contribution is 7.91. The average molecular weight is 552 g/mol. The third-order valence-electron chi connectivity index (χ3n) is 8.03. The van der Waals surface area contributed by atoms with Crippen molar-refractivity contribution < 1.29 is 26.4 Å². The number of alkyl halides is 3. The summed E-state index contributed by atoms with van der Waals surface area (Å²) >= 11 is 0. The number of anilines is 1. The van der Waals surface area contributed by atoms with E-state index in [1.54, 1.807) is 35.2 Å². The van der Waals surface area contributed by atoms with Gasteiger partial charge >= 0.3 is 6.18 Å². The molecule has 1 aliphatic heterocycles. The Kier molecular flexibility index (Phi) is 8.42. The van der Waals surface area contributed by atoms with E-state index in [0.29, 0.717) is 37.5 Å². The molecule has 0 spiro atoms. The molecular formula is C28H36F3N3O3S. The van der Waals surface area contributed by atoms with Crippen molar-refractivity contribution in [1.29, 1.82) is 0 Å². The fraction of sp³-hybridized carbons (Fsp3) is 0.536. The maximum absolute atomic E-state index is 13.5. The maximum atomic E-state index is 13.5. The highest BCUT2D eigenvalue weighted by Gasteiger charge is 2.44. The van der Waals surface area contributed by atoms with Gasteiger partial charge in [-0.05, 0) is 88.9 Å². The van der Waals surface area contributed by atoms with Crippen LogP contribution in [0.25, 0.3) is 0 Å². The summed E-state index contributed by atoms with van der Waals surface area (Å²) in [5.74, 6) is -0.396. The van der Waals surface area contributed by atoms with Crippen LogP contribution in [-0.4, -0.2) is 67.6 Å². The zero-order valence-electron chi connectivity index (χ0n) is 22.0. The second-order valence-electron chi connectivity index (χ2n) is 10.7. The van der Waals surface area contributed by atoms with Gasteiger partial charge in [0.05, 0.1) is 16.2 Å². The first kappa shape index (κ1) is 28.4. The molecule has 1 amide bonds. The predicted octanol–water partition coefficient (Wildman–Crippen LogP) is 5.07. The lowest BCUT2D eigenvalue weighted by Crippen LogP contribution is -2.52. The minimum atomic E-state index is -4.42. The van der Waals surface area contributed by atoms with Gasteiger partial charge in [-0.25, -0.2) is 8.42 Å². The minimum Gasteiger partial charge on any atom is -0.374 e. The molecule has 2 aromatic rings. The maximum Gasteiger partial charge on any atom is 0.416 e. The Morgan fingerprint density at radius 2 is 1.68 bits per heavy atom. The number of rotatable bonds is 8. The molecule has 1 unspecified atom stereocenters. The van der Waals surface area contributed by atoms with Gasteiger partial charge in [0.1, 0.15) is 6.04 Å². The van der Waals surface area contributed by atoms with E-state index in [1.807, 2.05) is 0 Å². The average Bonchev–Trinajstić information content (AvgIpc) is 3.23. The van der Waals surface area contributed by atoms with Crippen LogP contribution in [0.15, 0.2) is 59.5 Å². The van der Waals surface area contributed by atoms with Gasteiger partial charge < -0.3 is 15.1 Å². The first-order chi connectivity index (χ1) is 17.9. The zero-order chi connectivity index (χ0) is 27.7. The van der Waals surface area contributed by atoms with E-state index >= 15 is 0 Å². The Bertz CT molecular complexity index is 1200. The van der Waals surface area contributed by atoms with Gasteiger partial charge in [0.25, 0.3) is 0 Å². The van der Waals surface area contributed by atoms with Gasteiger partial charge in [-0.15, -0.1) is 0 Å². The number of carbonyl (C=O) groups is 1. The van der Waals surface area contributed by atoms with Crippen molar-refractivity contribution in [2.75, 3.05) is 24.7 Å². The number of amides is 1. The number of halogens is 3. The first-order valence-electron chi connectivity index (χ1n) is 13.1. The van der Waals surface area contributed by atoms with Gasteiger partial charge in [0.15, 0.2) is 9.84 Å².